The zero-order valence-corrected chi connectivity index (χ0v) is 18.1. The highest BCUT2D eigenvalue weighted by molar-refractivity contribution is 6.16. The number of fused-ring (bicyclic) bond motifs is 1. The summed E-state index contributed by atoms with van der Waals surface area (Å²) in [5.74, 6) is -0.761. The normalized spacial score (nSPS) is 16.1. The van der Waals surface area contributed by atoms with Gasteiger partial charge in [0, 0.05) is 5.39 Å². The summed E-state index contributed by atoms with van der Waals surface area (Å²) in [6, 6.07) is 17.1. The summed E-state index contributed by atoms with van der Waals surface area (Å²) in [5.41, 5.74) is 2.12. The van der Waals surface area contributed by atoms with Crippen molar-refractivity contribution < 1.29 is 28.3 Å². The molecular formula is C26H21NO6. The Balaban J connectivity index is 1.61. The van der Waals surface area contributed by atoms with Crippen LogP contribution in [-0.2, 0) is 11.3 Å². The first-order chi connectivity index (χ1) is 16.0. The van der Waals surface area contributed by atoms with Gasteiger partial charge in [0.05, 0.1) is 31.5 Å². The number of ketones is 1. The first kappa shape index (κ1) is 20.6. The molecule has 5 rings (SSSR count). The lowest BCUT2D eigenvalue weighted by Crippen LogP contribution is -2.30. The van der Waals surface area contributed by atoms with Gasteiger partial charge in [-0.1, -0.05) is 42.0 Å². The maximum atomic E-state index is 13.6. The molecule has 0 fully saturated rings. The van der Waals surface area contributed by atoms with E-state index in [1.807, 2.05) is 31.2 Å². The molecule has 1 aliphatic heterocycles. The predicted molar refractivity (Wildman–Crippen MR) is 120 cm³/mol. The summed E-state index contributed by atoms with van der Waals surface area (Å²) >= 11 is 0. The van der Waals surface area contributed by atoms with E-state index in [2.05, 4.69) is 0 Å². The van der Waals surface area contributed by atoms with E-state index in [4.69, 9.17) is 13.6 Å². The number of ether oxygens (including phenoxy) is 1. The molecule has 0 saturated carbocycles. The number of Topliss-reactive ketones (excluding diaryl/α,β-unsaturated/α-hetero) is 1. The Bertz CT molecular complexity index is 1380. The summed E-state index contributed by atoms with van der Waals surface area (Å²) in [5, 5.41) is 11.5. The van der Waals surface area contributed by atoms with E-state index in [0.29, 0.717) is 28.0 Å². The maximum Gasteiger partial charge on any atom is 0.290 e. The molecule has 1 amide bonds. The first-order valence-electron chi connectivity index (χ1n) is 10.4. The van der Waals surface area contributed by atoms with Crippen LogP contribution in [0.3, 0.4) is 0 Å². The predicted octanol–water partition coefficient (Wildman–Crippen LogP) is 5.12. The smallest absolute Gasteiger partial charge is 0.290 e. The molecule has 1 atom stereocenters. The van der Waals surface area contributed by atoms with E-state index in [9.17, 15) is 14.7 Å². The van der Waals surface area contributed by atoms with Crippen LogP contribution in [0.1, 0.15) is 33.5 Å². The van der Waals surface area contributed by atoms with Crippen molar-refractivity contribution in [1.29, 1.82) is 0 Å². The van der Waals surface area contributed by atoms with Crippen LogP contribution in [0.4, 0.5) is 0 Å². The number of amides is 1. The van der Waals surface area contributed by atoms with Crippen LogP contribution in [0.25, 0.3) is 11.0 Å². The minimum atomic E-state index is -0.800. The van der Waals surface area contributed by atoms with Gasteiger partial charge in [0.2, 0.25) is 5.78 Å². The minimum Gasteiger partial charge on any atom is -0.503 e. The summed E-state index contributed by atoms with van der Waals surface area (Å²) in [6.07, 6.45) is 1.51. The van der Waals surface area contributed by atoms with Gasteiger partial charge in [0.25, 0.3) is 5.91 Å². The molecule has 1 N–H and O–H groups in total. The van der Waals surface area contributed by atoms with Gasteiger partial charge >= 0.3 is 0 Å². The van der Waals surface area contributed by atoms with Gasteiger partial charge in [0.15, 0.2) is 22.9 Å². The van der Waals surface area contributed by atoms with Gasteiger partial charge in [-0.15, -0.1) is 0 Å². The van der Waals surface area contributed by atoms with E-state index < -0.39 is 23.5 Å². The second-order valence-electron chi connectivity index (χ2n) is 7.91. The number of furan rings is 2. The standard InChI is InChI=1S/C26H21NO6/c1-15-8-10-16(11-9-15)22-21(24(29)26(30)27(22)14-18-6-4-12-32-18)23(28)20-13-17-5-3-7-19(31-2)25(17)33-20/h3-13,22,29H,14H2,1-2H3. The van der Waals surface area contributed by atoms with Crippen LogP contribution in [0, 0.1) is 6.92 Å². The molecule has 0 saturated heterocycles. The van der Waals surface area contributed by atoms with Gasteiger partial charge in [-0.2, -0.15) is 0 Å². The molecule has 3 heterocycles. The summed E-state index contributed by atoms with van der Waals surface area (Å²) in [7, 11) is 1.52. The van der Waals surface area contributed by atoms with Crippen molar-refractivity contribution in [3.63, 3.8) is 0 Å². The lowest BCUT2D eigenvalue weighted by atomic mass is 9.94. The lowest BCUT2D eigenvalue weighted by molar-refractivity contribution is -0.130. The summed E-state index contributed by atoms with van der Waals surface area (Å²) < 4.78 is 16.6. The second-order valence-corrected chi connectivity index (χ2v) is 7.91. The largest absolute Gasteiger partial charge is 0.503 e. The fraction of sp³-hybridized carbons (Fsp3) is 0.154. The molecule has 1 unspecified atom stereocenters. The fourth-order valence-electron chi connectivity index (χ4n) is 4.16. The highest BCUT2D eigenvalue weighted by Gasteiger charge is 2.44. The summed E-state index contributed by atoms with van der Waals surface area (Å²) in [6.45, 7) is 2.05. The van der Waals surface area contributed by atoms with Crippen molar-refractivity contribution in [1.82, 2.24) is 4.90 Å². The molecule has 166 valence electrons. The highest BCUT2D eigenvalue weighted by Crippen LogP contribution is 2.41. The Morgan fingerprint density at radius 1 is 1.12 bits per heavy atom. The number of rotatable bonds is 6. The van der Waals surface area contributed by atoms with Crippen LogP contribution in [0.15, 0.2) is 87.1 Å². The molecule has 0 aliphatic carbocycles. The molecule has 0 radical (unpaired) electrons. The van der Waals surface area contributed by atoms with Gasteiger partial charge in [-0.05, 0) is 36.8 Å². The fourth-order valence-corrected chi connectivity index (χ4v) is 4.16. The van der Waals surface area contributed by atoms with Crippen molar-refractivity contribution in [3.05, 3.63) is 101 Å². The Morgan fingerprint density at radius 3 is 2.61 bits per heavy atom. The molecule has 2 aromatic carbocycles. The van der Waals surface area contributed by atoms with E-state index in [1.54, 1.807) is 36.4 Å². The van der Waals surface area contributed by atoms with Crippen molar-refractivity contribution >= 4 is 22.7 Å². The third-order valence-corrected chi connectivity index (χ3v) is 5.80. The van der Waals surface area contributed by atoms with Crippen molar-refractivity contribution in [3.8, 4) is 5.75 Å². The van der Waals surface area contributed by atoms with Gasteiger partial charge in [-0.25, -0.2) is 0 Å². The van der Waals surface area contributed by atoms with Gasteiger partial charge < -0.3 is 23.6 Å². The quantitative estimate of drug-likeness (QED) is 0.416. The number of methoxy groups -OCH3 is 1. The van der Waals surface area contributed by atoms with Crippen LogP contribution in [-0.4, -0.2) is 28.8 Å². The zero-order chi connectivity index (χ0) is 23.1. The Labute approximate surface area is 189 Å². The SMILES string of the molecule is COc1cccc2cc(C(=O)C3=C(O)C(=O)N(Cc4ccco4)C3c3ccc(C)cc3)oc12. The summed E-state index contributed by atoms with van der Waals surface area (Å²) in [4.78, 5) is 28.1. The number of nitrogens with zero attached hydrogens (tertiary/aromatic N) is 1. The number of aliphatic hydroxyl groups is 1. The van der Waals surface area contributed by atoms with Gasteiger partial charge in [-0.3, -0.25) is 9.59 Å². The molecule has 33 heavy (non-hydrogen) atoms. The Morgan fingerprint density at radius 2 is 1.91 bits per heavy atom. The Kier molecular flexibility index (Phi) is 5.01. The van der Waals surface area contributed by atoms with Crippen molar-refractivity contribution in [2.45, 2.75) is 19.5 Å². The monoisotopic (exact) mass is 443 g/mol. The molecule has 7 nitrogen and oxygen atoms in total. The van der Waals surface area contributed by atoms with Gasteiger partial charge in [0.1, 0.15) is 5.76 Å². The maximum absolute atomic E-state index is 13.6. The minimum absolute atomic E-state index is 0.0146. The number of aliphatic hydroxyl groups excluding tert-OH is 1. The third kappa shape index (κ3) is 3.47. The topological polar surface area (TPSA) is 93.1 Å². The second kappa shape index (κ2) is 8.02. The van der Waals surface area contributed by atoms with Crippen LogP contribution < -0.4 is 4.74 Å². The molecule has 1 aliphatic rings. The molecule has 0 bridgehead atoms. The number of para-hydroxylation sites is 1. The van der Waals surface area contributed by atoms with Crippen LogP contribution in [0.2, 0.25) is 0 Å². The number of hydrogen-bond acceptors (Lipinski definition) is 6. The van der Waals surface area contributed by atoms with Crippen LogP contribution >= 0.6 is 0 Å². The average Bonchev–Trinajstić information content (AvgIpc) is 3.54. The first-order valence-corrected chi connectivity index (χ1v) is 10.4. The Hall–Kier alpha value is -4.26. The zero-order valence-electron chi connectivity index (χ0n) is 18.1. The number of benzene rings is 2. The number of hydrogen-bond donors (Lipinski definition) is 1. The van der Waals surface area contributed by atoms with E-state index in [1.165, 1.54) is 18.3 Å². The van der Waals surface area contributed by atoms with E-state index in [-0.39, 0.29) is 17.9 Å². The molecule has 4 aromatic rings. The van der Waals surface area contributed by atoms with E-state index >= 15 is 0 Å². The third-order valence-electron chi connectivity index (χ3n) is 5.80. The number of aryl methyl sites for hydroxylation is 1. The van der Waals surface area contributed by atoms with Crippen molar-refractivity contribution in [2.24, 2.45) is 0 Å². The number of carbonyl (C=O) groups is 2. The average molecular weight is 443 g/mol. The molecular weight excluding hydrogens is 422 g/mol. The molecule has 7 heteroatoms. The molecule has 2 aromatic heterocycles. The molecule has 0 spiro atoms. The van der Waals surface area contributed by atoms with Crippen LogP contribution in [0.5, 0.6) is 5.75 Å². The highest BCUT2D eigenvalue weighted by atomic mass is 16.5. The lowest BCUT2D eigenvalue weighted by Gasteiger charge is -2.26. The number of carbonyl (C=O) groups excluding carboxylic acids is 2. The van der Waals surface area contributed by atoms with Crippen molar-refractivity contribution in [2.75, 3.05) is 7.11 Å². The van der Waals surface area contributed by atoms with E-state index in [0.717, 1.165) is 5.56 Å².